The Morgan fingerprint density at radius 3 is 2.85 bits per heavy atom. The SMILES string of the molecule is CC(C)n1ccnc(NCCCN2CCOCC2)c1=O. The Bertz CT molecular complexity index is 466. The molecule has 0 aromatic carbocycles. The van der Waals surface area contributed by atoms with Crippen molar-refractivity contribution in [3.05, 3.63) is 22.7 Å². The van der Waals surface area contributed by atoms with Crippen molar-refractivity contribution >= 4 is 5.82 Å². The monoisotopic (exact) mass is 280 g/mol. The van der Waals surface area contributed by atoms with Crippen LogP contribution in [0, 0.1) is 0 Å². The maximum absolute atomic E-state index is 12.1. The maximum atomic E-state index is 12.1. The summed E-state index contributed by atoms with van der Waals surface area (Å²) in [4.78, 5) is 18.6. The summed E-state index contributed by atoms with van der Waals surface area (Å²) in [5, 5.41) is 3.15. The van der Waals surface area contributed by atoms with E-state index in [1.165, 1.54) is 0 Å². The Kier molecular flexibility index (Phi) is 5.55. The number of nitrogens with zero attached hydrogens (tertiary/aromatic N) is 3. The van der Waals surface area contributed by atoms with Gasteiger partial charge in [0.15, 0.2) is 5.82 Å². The van der Waals surface area contributed by atoms with Gasteiger partial charge in [-0.3, -0.25) is 9.69 Å². The van der Waals surface area contributed by atoms with Gasteiger partial charge in [-0.2, -0.15) is 0 Å². The van der Waals surface area contributed by atoms with Crippen LogP contribution in [0.25, 0.3) is 0 Å². The molecule has 0 atom stereocenters. The van der Waals surface area contributed by atoms with E-state index in [-0.39, 0.29) is 11.6 Å². The lowest BCUT2D eigenvalue weighted by Gasteiger charge is -2.26. The van der Waals surface area contributed by atoms with Crippen LogP contribution in [0.3, 0.4) is 0 Å². The van der Waals surface area contributed by atoms with Gasteiger partial charge in [-0.1, -0.05) is 0 Å². The fourth-order valence-corrected chi connectivity index (χ4v) is 2.29. The number of hydrogen-bond acceptors (Lipinski definition) is 5. The molecule has 1 aromatic heterocycles. The molecule has 0 spiro atoms. The number of rotatable bonds is 6. The molecule has 1 aliphatic heterocycles. The second-order valence-corrected chi connectivity index (χ2v) is 5.32. The van der Waals surface area contributed by atoms with Crippen LogP contribution in [0.5, 0.6) is 0 Å². The van der Waals surface area contributed by atoms with E-state index in [0.717, 1.165) is 45.8 Å². The zero-order valence-electron chi connectivity index (χ0n) is 12.3. The van der Waals surface area contributed by atoms with E-state index in [9.17, 15) is 4.79 Å². The Balaban J connectivity index is 1.79. The summed E-state index contributed by atoms with van der Waals surface area (Å²) in [6.07, 6.45) is 4.40. The first-order valence-electron chi connectivity index (χ1n) is 7.29. The molecule has 112 valence electrons. The number of hydrogen-bond donors (Lipinski definition) is 1. The van der Waals surface area contributed by atoms with Gasteiger partial charge in [-0.05, 0) is 26.8 Å². The normalized spacial score (nSPS) is 16.6. The van der Waals surface area contributed by atoms with Gasteiger partial charge in [-0.25, -0.2) is 4.98 Å². The van der Waals surface area contributed by atoms with Crippen molar-refractivity contribution in [2.45, 2.75) is 26.3 Å². The average Bonchev–Trinajstić information content (AvgIpc) is 2.46. The molecule has 0 radical (unpaired) electrons. The number of nitrogens with one attached hydrogen (secondary N) is 1. The van der Waals surface area contributed by atoms with E-state index in [4.69, 9.17) is 4.74 Å². The highest BCUT2D eigenvalue weighted by Gasteiger charge is 2.10. The van der Waals surface area contributed by atoms with E-state index in [0.29, 0.717) is 5.82 Å². The minimum Gasteiger partial charge on any atom is -0.379 e. The van der Waals surface area contributed by atoms with Gasteiger partial charge < -0.3 is 14.6 Å². The predicted molar refractivity (Wildman–Crippen MR) is 79.2 cm³/mol. The molecule has 2 heterocycles. The van der Waals surface area contributed by atoms with E-state index < -0.39 is 0 Å². The molecule has 6 heteroatoms. The first-order chi connectivity index (χ1) is 9.68. The summed E-state index contributed by atoms with van der Waals surface area (Å²) in [7, 11) is 0. The Morgan fingerprint density at radius 1 is 1.40 bits per heavy atom. The summed E-state index contributed by atoms with van der Waals surface area (Å²) in [6, 6.07) is 0.152. The molecule has 1 aliphatic rings. The summed E-state index contributed by atoms with van der Waals surface area (Å²) in [5.74, 6) is 0.447. The van der Waals surface area contributed by atoms with Crippen molar-refractivity contribution < 1.29 is 4.74 Å². The molecule has 2 rings (SSSR count). The van der Waals surface area contributed by atoms with Gasteiger partial charge >= 0.3 is 0 Å². The second kappa shape index (κ2) is 7.40. The second-order valence-electron chi connectivity index (χ2n) is 5.32. The number of morpholine rings is 1. The smallest absolute Gasteiger partial charge is 0.293 e. The van der Waals surface area contributed by atoms with Crippen LogP contribution >= 0.6 is 0 Å². The lowest BCUT2D eigenvalue weighted by molar-refractivity contribution is 0.0378. The topological polar surface area (TPSA) is 59.4 Å². The van der Waals surface area contributed by atoms with Crippen LogP contribution in [0.4, 0.5) is 5.82 Å². The molecule has 6 nitrogen and oxygen atoms in total. The van der Waals surface area contributed by atoms with Crippen molar-refractivity contribution in [3.63, 3.8) is 0 Å². The van der Waals surface area contributed by atoms with Crippen LogP contribution in [0.2, 0.25) is 0 Å². The van der Waals surface area contributed by atoms with Gasteiger partial charge in [0.1, 0.15) is 0 Å². The van der Waals surface area contributed by atoms with E-state index in [2.05, 4.69) is 15.2 Å². The van der Waals surface area contributed by atoms with E-state index in [1.807, 2.05) is 13.8 Å². The van der Waals surface area contributed by atoms with Crippen molar-refractivity contribution in [1.82, 2.24) is 14.5 Å². The van der Waals surface area contributed by atoms with Gasteiger partial charge in [-0.15, -0.1) is 0 Å². The highest BCUT2D eigenvalue weighted by Crippen LogP contribution is 2.02. The molecule has 0 aliphatic carbocycles. The van der Waals surface area contributed by atoms with Crippen LogP contribution in [0.15, 0.2) is 17.2 Å². The maximum Gasteiger partial charge on any atom is 0.293 e. The third-order valence-corrected chi connectivity index (χ3v) is 3.47. The zero-order valence-corrected chi connectivity index (χ0v) is 12.3. The molecule has 0 saturated carbocycles. The molecule has 1 aromatic rings. The molecule has 1 fully saturated rings. The third-order valence-electron chi connectivity index (χ3n) is 3.47. The van der Waals surface area contributed by atoms with Crippen molar-refractivity contribution in [2.24, 2.45) is 0 Å². The Hall–Kier alpha value is -1.40. The highest BCUT2D eigenvalue weighted by atomic mass is 16.5. The molecular weight excluding hydrogens is 256 g/mol. The molecule has 0 unspecified atom stereocenters. The molecule has 1 saturated heterocycles. The largest absolute Gasteiger partial charge is 0.379 e. The minimum absolute atomic E-state index is 0.0473. The molecule has 20 heavy (non-hydrogen) atoms. The fourth-order valence-electron chi connectivity index (χ4n) is 2.29. The van der Waals surface area contributed by atoms with Gasteiger partial charge in [0.25, 0.3) is 5.56 Å². The lowest BCUT2D eigenvalue weighted by atomic mass is 10.3. The molecular formula is C14H24N4O2. The fraction of sp³-hybridized carbons (Fsp3) is 0.714. The number of aromatic nitrogens is 2. The van der Waals surface area contributed by atoms with Gasteiger partial charge in [0, 0.05) is 38.1 Å². The molecule has 0 bridgehead atoms. The zero-order chi connectivity index (χ0) is 14.4. The summed E-state index contributed by atoms with van der Waals surface area (Å²) >= 11 is 0. The van der Waals surface area contributed by atoms with Crippen LogP contribution in [0.1, 0.15) is 26.3 Å². The number of anilines is 1. The van der Waals surface area contributed by atoms with Gasteiger partial charge in [0.05, 0.1) is 13.2 Å². The third kappa shape index (κ3) is 4.05. The predicted octanol–water partition coefficient (Wildman–Crippen LogP) is 0.958. The Morgan fingerprint density at radius 2 is 2.15 bits per heavy atom. The summed E-state index contributed by atoms with van der Waals surface area (Å²) in [6.45, 7) is 9.43. The van der Waals surface area contributed by atoms with Crippen molar-refractivity contribution in [3.8, 4) is 0 Å². The molecule has 0 amide bonds. The number of ether oxygens (including phenoxy) is 1. The summed E-state index contributed by atoms with van der Waals surface area (Å²) < 4.78 is 7.01. The standard InChI is InChI=1S/C14H24N4O2/c1-12(2)18-7-5-16-13(14(18)19)15-4-3-6-17-8-10-20-11-9-17/h5,7,12H,3-4,6,8-11H2,1-2H3,(H,15,16). The quantitative estimate of drug-likeness (QED) is 0.787. The average molecular weight is 280 g/mol. The summed E-state index contributed by atoms with van der Waals surface area (Å²) in [5.41, 5.74) is -0.0473. The van der Waals surface area contributed by atoms with Crippen LogP contribution in [-0.4, -0.2) is 53.8 Å². The lowest BCUT2D eigenvalue weighted by Crippen LogP contribution is -2.37. The van der Waals surface area contributed by atoms with E-state index in [1.54, 1.807) is 17.0 Å². The minimum atomic E-state index is -0.0473. The first-order valence-corrected chi connectivity index (χ1v) is 7.29. The Labute approximate surface area is 119 Å². The van der Waals surface area contributed by atoms with E-state index >= 15 is 0 Å². The first kappa shape index (κ1) is 15.0. The van der Waals surface area contributed by atoms with Crippen molar-refractivity contribution in [2.75, 3.05) is 44.7 Å². The van der Waals surface area contributed by atoms with Gasteiger partial charge in [0.2, 0.25) is 0 Å². The van der Waals surface area contributed by atoms with Crippen LogP contribution < -0.4 is 10.9 Å². The van der Waals surface area contributed by atoms with Crippen LogP contribution in [-0.2, 0) is 4.74 Å². The van der Waals surface area contributed by atoms with Crippen molar-refractivity contribution in [1.29, 1.82) is 0 Å². The molecule has 1 N–H and O–H groups in total. The highest BCUT2D eigenvalue weighted by molar-refractivity contribution is 5.30.